The third kappa shape index (κ3) is 3.55. The fourth-order valence-electron chi connectivity index (χ4n) is 1.05. The van der Waals surface area contributed by atoms with E-state index in [0.29, 0.717) is 5.02 Å². The smallest absolute Gasteiger partial charge is 0.275 e. The van der Waals surface area contributed by atoms with Gasteiger partial charge in [0, 0.05) is 11.2 Å². The average Bonchev–Trinajstić information content (AvgIpc) is 2.27. The molecule has 86 valence electrons. The minimum absolute atomic E-state index is 0.112. The molecule has 0 spiro atoms. The van der Waals surface area contributed by atoms with Crippen LogP contribution >= 0.6 is 11.6 Å². The highest BCUT2D eigenvalue weighted by Crippen LogP contribution is 2.21. The van der Waals surface area contributed by atoms with E-state index in [1.807, 2.05) is 6.92 Å². The predicted octanol–water partition coefficient (Wildman–Crippen LogP) is 2.56. The fourth-order valence-corrected chi connectivity index (χ4v) is 1.22. The number of halogens is 1. The largest absolute Gasteiger partial charge is 0.507 e. The third-order valence-corrected chi connectivity index (χ3v) is 2.11. The maximum Gasteiger partial charge on any atom is 0.275 e. The number of rotatable bonds is 4. The van der Waals surface area contributed by atoms with Gasteiger partial charge in [0.2, 0.25) is 0 Å². The number of aromatic hydroxyl groups is 1. The molecule has 0 aliphatic rings. The van der Waals surface area contributed by atoms with Gasteiger partial charge in [0.05, 0.1) is 5.56 Å². The van der Waals surface area contributed by atoms with E-state index in [9.17, 15) is 9.90 Å². The van der Waals surface area contributed by atoms with Gasteiger partial charge in [-0.3, -0.25) is 4.79 Å². The normalized spacial score (nSPS) is 10.6. The van der Waals surface area contributed by atoms with Crippen molar-refractivity contribution in [3.05, 3.63) is 28.8 Å². The molecule has 0 unspecified atom stereocenters. The predicted molar refractivity (Wildman–Crippen MR) is 64.0 cm³/mol. The van der Waals surface area contributed by atoms with Crippen molar-refractivity contribution in [1.82, 2.24) is 5.43 Å². The van der Waals surface area contributed by atoms with E-state index in [4.69, 9.17) is 11.6 Å². The lowest BCUT2D eigenvalue weighted by Gasteiger charge is -2.02. The highest BCUT2D eigenvalue weighted by Gasteiger charge is 2.10. The van der Waals surface area contributed by atoms with Crippen LogP contribution in [0.5, 0.6) is 5.75 Å². The molecule has 1 rings (SSSR count). The van der Waals surface area contributed by atoms with Gasteiger partial charge in [-0.1, -0.05) is 24.9 Å². The second-order valence-corrected chi connectivity index (χ2v) is 3.64. The molecule has 1 aromatic carbocycles. The van der Waals surface area contributed by atoms with Gasteiger partial charge < -0.3 is 5.11 Å². The van der Waals surface area contributed by atoms with Gasteiger partial charge in [-0.25, -0.2) is 5.43 Å². The van der Waals surface area contributed by atoms with E-state index < -0.39 is 5.91 Å². The van der Waals surface area contributed by atoms with E-state index in [1.54, 1.807) is 6.21 Å². The number of unbranched alkanes of at least 4 members (excludes halogenated alkanes) is 1. The molecule has 0 saturated carbocycles. The Morgan fingerprint density at radius 3 is 3.06 bits per heavy atom. The summed E-state index contributed by atoms with van der Waals surface area (Å²) in [5, 5.41) is 13.6. The number of hydrazone groups is 1. The number of nitrogens with zero attached hydrogens (tertiary/aromatic N) is 1. The van der Waals surface area contributed by atoms with Crippen molar-refractivity contribution in [3.63, 3.8) is 0 Å². The van der Waals surface area contributed by atoms with Gasteiger partial charge in [0.15, 0.2) is 0 Å². The van der Waals surface area contributed by atoms with Crippen molar-refractivity contribution < 1.29 is 9.90 Å². The molecule has 0 radical (unpaired) electrons. The highest BCUT2D eigenvalue weighted by atomic mass is 35.5. The Morgan fingerprint density at radius 1 is 1.62 bits per heavy atom. The average molecular weight is 241 g/mol. The van der Waals surface area contributed by atoms with Crippen LogP contribution in [0.4, 0.5) is 0 Å². The minimum Gasteiger partial charge on any atom is -0.507 e. The molecule has 0 aliphatic heterocycles. The highest BCUT2D eigenvalue weighted by molar-refractivity contribution is 6.31. The summed E-state index contributed by atoms with van der Waals surface area (Å²) in [5.41, 5.74) is 2.43. The van der Waals surface area contributed by atoms with Crippen molar-refractivity contribution in [3.8, 4) is 5.75 Å². The van der Waals surface area contributed by atoms with Gasteiger partial charge in [-0.05, 0) is 24.6 Å². The van der Waals surface area contributed by atoms with Gasteiger partial charge in [0.1, 0.15) is 5.75 Å². The lowest BCUT2D eigenvalue weighted by Crippen LogP contribution is -2.17. The zero-order valence-corrected chi connectivity index (χ0v) is 9.66. The summed E-state index contributed by atoms with van der Waals surface area (Å²) in [5.74, 6) is -0.597. The summed E-state index contributed by atoms with van der Waals surface area (Å²) < 4.78 is 0. The first-order chi connectivity index (χ1) is 7.65. The van der Waals surface area contributed by atoms with Crippen LogP contribution in [0.15, 0.2) is 23.3 Å². The van der Waals surface area contributed by atoms with E-state index in [1.165, 1.54) is 18.2 Å². The standard InChI is InChI=1S/C11H13ClN2O2/c1-2-3-6-13-14-11(16)9-7-8(12)4-5-10(9)15/h4-7,15H,2-3H2,1H3,(H,14,16). The van der Waals surface area contributed by atoms with Crippen LogP contribution in [-0.4, -0.2) is 17.2 Å². The van der Waals surface area contributed by atoms with Crippen molar-refractivity contribution in [2.24, 2.45) is 5.10 Å². The molecule has 1 amide bonds. The zero-order valence-electron chi connectivity index (χ0n) is 8.90. The molecule has 0 atom stereocenters. The third-order valence-electron chi connectivity index (χ3n) is 1.88. The summed E-state index contributed by atoms with van der Waals surface area (Å²) in [6.07, 6.45) is 3.36. The summed E-state index contributed by atoms with van der Waals surface area (Å²) in [7, 11) is 0. The number of carbonyl (C=O) groups excluding carboxylic acids is 1. The summed E-state index contributed by atoms with van der Waals surface area (Å²) in [6.45, 7) is 2.01. The van der Waals surface area contributed by atoms with Gasteiger partial charge in [0.25, 0.3) is 5.91 Å². The maximum absolute atomic E-state index is 11.5. The van der Waals surface area contributed by atoms with Crippen LogP contribution < -0.4 is 5.43 Å². The van der Waals surface area contributed by atoms with Crippen molar-refractivity contribution >= 4 is 23.7 Å². The lowest BCUT2D eigenvalue weighted by atomic mass is 10.2. The second-order valence-electron chi connectivity index (χ2n) is 3.20. The maximum atomic E-state index is 11.5. The molecular weight excluding hydrogens is 228 g/mol. The number of phenolic OH excluding ortho intramolecular Hbond substituents is 1. The number of amides is 1. The number of hydrogen-bond donors (Lipinski definition) is 2. The number of nitrogens with one attached hydrogen (secondary N) is 1. The molecule has 4 nitrogen and oxygen atoms in total. The Hall–Kier alpha value is -1.55. The Morgan fingerprint density at radius 2 is 2.38 bits per heavy atom. The Balaban J connectivity index is 2.69. The van der Waals surface area contributed by atoms with Gasteiger partial charge in [-0.2, -0.15) is 5.10 Å². The van der Waals surface area contributed by atoms with Crippen LogP contribution in [0.25, 0.3) is 0 Å². The summed E-state index contributed by atoms with van der Waals surface area (Å²) in [6, 6.07) is 4.27. The monoisotopic (exact) mass is 240 g/mol. The molecular formula is C11H13ClN2O2. The van der Waals surface area contributed by atoms with Crippen LogP contribution in [0.2, 0.25) is 5.02 Å². The van der Waals surface area contributed by atoms with Crippen LogP contribution in [-0.2, 0) is 0 Å². The first-order valence-electron chi connectivity index (χ1n) is 4.95. The van der Waals surface area contributed by atoms with E-state index in [-0.39, 0.29) is 11.3 Å². The fraction of sp³-hybridized carbons (Fsp3) is 0.273. The quantitative estimate of drug-likeness (QED) is 0.628. The van der Waals surface area contributed by atoms with Crippen LogP contribution in [0.3, 0.4) is 0 Å². The molecule has 1 aromatic rings. The second kappa shape index (κ2) is 6.12. The van der Waals surface area contributed by atoms with E-state index >= 15 is 0 Å². The Kier molecular flexibility index (Phi) is 4.79. The molecule has 0 aromatic heterocycles. The lowest BCUT2D eigenvalue weighted by molar-refractivity contribution is 0.0952. The summed E-state index contributed by atoms with van der Waals surface area (Å²) >= 11 is 5.72. The summed E-state index contributed by atoms with van der Waals surface area (Å²) in [4.78, 5) is 11.5. The van der Waals surface area contributed by atoms with Gasteiger partial charge >= 0.3 is 0 Å². The molecule has 0 fully saturated rings. The SMILES string of the molecule is CCCC=NNC(=O)c1cc(Cl)ccc1O. The van der Waals surface area contributed by atoms with Gasteiger partial charge in [-0.15, -0.1) is 0 Å². The Labute approximate surface area is 98.9 Å². The van der Waals surface area contributed by atoms with Crippen LogP contribution in [0, 0.1) is 0 Å². The molecule has 16 heavy (non-hydrogen) atoms. The first kappa shape index (κ1) is 12.5. The first-order valence-corrected chi connectivity index (χ1v) is 5.33. The molecule has 0 bridgehead atoms. The zero-order chi connectivity index (χ0) is 12.0. The topological polar surface area (TPSA) is 61.7 Å². The number of phenols is 1. The van der Waals surface area contributed by atoms with Crippen molar-refractivity contribution in [1.29, 1.82) is 0 Å². The molecule has 0 aliphatic carbocycles. The molecule has 2 N–H and O–H groups in total. The number of hydrogen-bond acceptors (Lipinski definition) is 3. The molecule has 5 heteroatoms. The molecule has 0 heterocycles. The van der Waals surface area contributed by atoms with Crippen LogP contribution in [0.1, 0.15) is 30.1 Å². The van der Waals surface area contributed by atoms with E-state index in [2.05, 4.69) is 10.5 Å². The Bertz CT molecular complexity index is 405. The minimum atomic E-state index is -0.479. The van der Waals surface area contributed by atoms with Crippen molar-refractivity contribution in [2.45, 2.75) is 19.8 Å². The van der Waals surface area contributed by atoms with Crippen molar-refractivity contribution in [2.75, 3.05) is 0 Å². The van der Waals surface area contributed by atoms with E-state index in [0.717, 1.165) is 12.8 Å². The molecule has 0 saturated heterocycles. The number of carbonyl (C=O) groups is 1. The number of benzene rings is 1.